The summed E-state index contributed by atoms with van der Waals surface area (Å²) in [5.74, 6) is -0.255. The Labute approximate surface area is 165 Å². The minimum Gasteiger partial charge on any atom is -0.356 e. The van der Waals surface area contributed by atoms with Gasteiger partial charge in [0.05, 0.1) is 5.41 Å². The van der Waals surface area contributed by atoms with Crippen LogP contribution in [0.5, 0.6) is 0 Å². The minimum absolute atomic E-state index is 0.0373. The van der Waals surface area contributed by atoms with Gasteiger partial charge in [0.2, 0.25) is 11.8 Å². The highest BCUT2D eigenvalue weighted by molar-refractivity contribution is 5.86. The lowest BCUT2D eigenvalue weighted by molar-refractivity contribution is -0.133. The van der Waals surface area contributed by atoms with Gasteiger partial charge < -0.3 is 10.2 Å². The van der Waals surface area contributed by atoms with Crippen LogP contribution in [-0.4, -0.2) is 36.3 Å². The molecule has 148 valence electrons. The van der Waals surface area contributed by atoms with Gasteiger partial charge in [-0.05, 0) is 37.0 Å². The van der Waals surface area contributed by atoms with E-state index in [2.05, 4.69) is 5.32 Å². The monoisotopic (exact) mass is 382 g/mol. The van der Waals surface area contributed by atoms with Crippen LogP contribution in [-0.2, 0) is 16.0 Å². The number of carbonyl (C=O) groups is 2. The van der Waals surface area contributed by atoms with Crippen molar-refractivity contribution in [2.45, 2.75) is 33.1 Å². The summed E-state index contributed by atoms with van der Waals surface area (Å²) in [6.45, 7) is 5.24. The van der Waals surface area contributed by atoms with Crippen molar-refractivity contribution >= 4 is 11.8 Å². The molecular weight excluding hydrogens is 355 g/mol. The van der Waals surface area contributed by atoms with Crippen LogP contribution in [0.1, 0.15) is 32.3 Å². The Bertz CT molecular complexity index is 867. The van der Waals surface area contributed by atoms with Crippen molar-refractivity contribution in [3.8, 4) is 11.1 Å². The fourth-order valence-electron chi connectivity index (χ4n) is 4.05. The Hall–Kier alpha value is -2.69. The van der Waals surface area contributed by atoms with Crippen LogP contribution in [0, 0.1) is 11.2 Å². The highest BCUT2D eigenvalue weighted by atomic mass is 19.1. The fourth-order valence-corrected chi connectivity index (χ4v) is 4.05. The zero-order valence-electron chi connectivity index (χ0n) is 16.5. The van der Waals surface area contributed by atoms with Crippen molar-refractivity contribution in [3.63, 3.8) is 0 Å². The quantitative estimate of drug-likeness (QED) is 0.826. The second kappa shape index (κ2) is 8.55. The summed E-state index contributed by atoms with van der Waals surface area (Å²) in [5, 5.41) is 2.95. The predicted octanol–water partition coefficient (Wildman–Crippen LogP) is 3.80. The first-order valence-corrected chi connectivity index (χ1v) is 9.89. The predicted molar refractivity (Wildman–Crippen MR) is 108 cm³/mol. The molecule has 1 atom stereocenters. The number of carbonyl (C=O) groups excluding carboxylic acids is 2. The Morgan fingerprint density at radius 2 is 1.75 bits per heavy atom. The number of halogens is 1. The number of nitrogens with zero attached hydrogens (tertiary/aromatic N) is 1. The minimum atomic E-state index is -0.692. The van der Waals surface area contributed by atoms with Crippen molar-refractivity contribution < 1.29 is 14.0 Å². The maximum absolute atomic E-state index is 14.4. The van der Waals surface area contributed by atoms with Crippen LogP contribution in [0.25, 0.3) is 11.1 Å². The van der Waals surface area contributed by atoms with E-state index < -0.39 is 5.41 Å². The molecule has 2 aromatic carbocycles. The molecule has 3 rings (SSSR count). The third-order valence-corrected chi connectivity index (χ3v) is 5.54. The first kappa shape index (κ1) is 20.1. The largest absolute Gasteiger partial charge is 0.356 e. The van der Waals surface area contributed by atoms with E-state index in [0.717, 1.165) is 11.1 Å². The van der Waals surface area contributed by atoms with Crippen LogP contribution >= 0.6 is 0 Å². The van der Waals surface area contributed by atoms with Gasteiger partial charge in [0.1, 0.15) is 5.82 Å². The van der Waals surface area contributed by atoms with Crippen LogP contribution in [0.4, 0.5) is 4.39 Å². The lowest BCUT2D eigenvalue weighted by atomic mass is 9.78. The van der Waals surface area contributed by atoms with E-state index in [0.29, 0.717) is 44.5 Å². The molecule has 5 heteroatoms. The van der Waals surface area contributed by atoms with Crippen molar-refractivity contribution in [2.24, 2.45) is 5.41 Å². The Kier molecular flexibility index (Phi) is 6.12. The van der Waals surface area contributed by atoms with E-state index in [-0.39, 0.29) is 17.6 Å². The molecule has 0 aliphatic carbocycles. The van der Waals surface area contributed by atoms with Gasteiger partial charge >= 0.3 is 0 Å². The summed E-state index contributed by atoms with van der Waals surface area (Å²) < 4.78 is 14.4. The Morgan fingerprint density at radius 1 is 1.07 bits per heavy atom. The molecule has 0 aromatic heterocycles. The smallest absolute Gasteiger partial charge is 0.228 e. The van der Waals surface area contributed by atoms with Crippen LogP contribution < -0.4 is 5.32 Å². The van der Waals surface area contributed by atoms with E-state index in [1.54, 1.807) is 17.0 Å². The topological polar surface area (TPSA) is 49.4 Å². The van der Waals surface area contributed by atoms with Gasteiger partial charge in [-0.3, -0.25) is 9.59 Å². The third kappa shape index (κ3) is 3.93. The molecule has 1 N–H and O–H groups in total. The van der Waals surface area contributed by atoms with Crippen molar-refractivity contribution in [1.29, 1.82) is 0 Å². The number of likely N-dealkylation sites (tertiary alicyclic amines) is 1. The number of benzene rings is 2. The maximum atomic E-state index is 14.4. The summed E-state index contributed by atoms with van der Waals surface area (Å²) in [5.41, 5.74) is 1.56. The van der Waals surface area contributed by atoms with Gasteiger partial charge in [-0.25, -0.2) is 4.39 Å². The lowest BCUT2D eigenvalue weighted by Gasteiger charge is -2.29. The van der Waals surface area contributed by atoms with E-state index >= 15 is 0 Å². The van der Waals surface area contributed by atoms with Gasteiger partial charge in [0.15, 0.2) is 0 Å². The molecule has 1 aliphatic rings. The number of rotatable bonds is 6. The highest BCUT2D eigenvalue weighted by Gasteiger charge is 2.45. The molecule has 1 saturated heterocycles. The number of hydrogen-bond acceptors (Lipinski definition) is 2. The molecule has 28 heavy (non-hydrogen) atoms. The Morgan fingerprint density at radius 3 is 2.43 bits per heavy atom. The zero-order valence-corrected chi connectivity index (χ0v) is 16.5. The summed E-state index contributed by atoms with van der Waals surface area (Å²) >= 11 is 0. The molecule has 1 fully saturated rings. The molecule has 0 bridgehead atoms. The van der Waals surface area contributed by atoms with E-state index in [9.17, 15) is 14.0 Å². The standard InChI is InChI=1S/C23H27FN2O2/c1-3-21(27)26-14-13-23(16-26,22(28)25-4-2)15-17-9-5-6-10-18(17)19-11-7-8-12-20(19)24/h5-12H,3-4,13-16H2,1-2H3,(H,25,28)/t23-/m1/s1. The second-order valence-corrected chi connectivity index (χ2v) is 7.37. The van der Waals surface area contributed by atoms with Crippen LogP contribution in [0.15, 0.2) is 48.5 Å². The van der Waals surface area contributed by atoms with Gasteiger partial charge in [-0.2, -0.15) is 0 Å². The highest BCUT2D eigenvalue weighted by Crippen LogP contribution is 2.38. The average molecular weight is 382 g/mol. The van der Waals surface area contributed by atoms with E-state index in [1.807, 2.05) is 44.2 Å². The Balaban J connectivity index is 1.98. The van der Waals surface area contributed by atoms with E-state index in [4.69, 9.17) is 0 Å². The molecule has 1 heterocycles. The molecule has 4 nitrogen and oxygen atoms in total. The first-order valence-electron chi connectivity index (χ1n) is 9.89. The molecule has 0 radical (unpaired) electrons. The first-order chi connectivity index (χ1) is 13.5. The summed E-state index contributed by atoms with van der Waals surface area (Å²) in [6, 6.07) is 14.3. The normalized spacial score (nSPS) is 18.9. The molecule has 0 unspecified atom stereocenters. The molecule has 0 spiro atoms. The third-order valence-electron chi connectivity index (χ3n) is 5.54. The van der Waals surface area contributed by atoms with Gasteiger partial charge in [-0.15, -0.1) is 0 Å². The summed E-state index contributed by atoms with van der Waals surface area (Å²) in [7, 11) is 0. The molecule has 2 amide bonds. The molecular formula is C23H27FN2O2. The fraction of sp³-hybridized carbons (Fsp3) is 0.391. The van der Waals surface area contributed by atoms with Crippen molar-refractivity contribution in [2.75, 3.05) is 19.6 Å². The number of amides is 2. The maximum Gasteiger partial charge on any atom is 0.228 e. The average Bonchev–Trinajstić information content (AvgIpc) is 3.14. The van der Waals surface area contributed by atoms with E-state index in [1.165, 1.54) is 6.07 Å². The van der Waals surface area contributed by atoms with Gasteiger partial charge in [0.25, 0.3) is 0 Å². The van der Waals surface area contributed by atoms with Crippen LogP contribution in [0.3, 0.4) is 0 Å². The SMILES string of the molecule is CCNC(=O)[C@@]1(Cc2ccccc2-c2ccccc2F)CCN(C(=O)CC)C1. The number of nitrogens with one attached hydrogen (secondary N) is 1. The van der Waals surface area contributed by atoms with Gasteiger partial charge in [0, 0.05) is 31.6 Å². The lowest BCUT2D eigenvalue weighted by Crippen LogP contribution is -2.45. The summed E-state index contributed by atoms with van der Waals surface area (Å²) in [4.78, 5) is 27.0. The molecule has 1 aliphatic heterocycles. The molecule has 0 saturated carbocycles. The van der Waals surface area contributed by atoms with Gasteiger partial charge in [-0.1, -0.05) is 49.4 Å². The zero-order chi connectivity index (χ0) is 20.1. The van der Waals surface area contributed by atoms with Crippen molar-refractivity contribution in [3.05, 3.63) is 59.9 Å². The van der Waals surface area contributed by atoms with Crippen LogP contribution in [0.2, 0.25) is 0 Å². The second-order valence-electron chi connectivity index (χ2n) is 7.37. The van der Waals surface area contributed by atoms with Crippen molar-refractivity contribution in [1.82, 2.24) is 10.2 Å². The summed E-state index contributed by atoms with van der Waals surface area (Å²) in [6.07, 6.45) is 1.50. The molecule has 2 aromatic rings. The number of hydrogen-bond donors (Lipinski definition) is 1.